The number of esters is 1. The van der Waals surface area contributed by atoms with Crippen molar-refractivity contribution in [2.75, 3.05) is 13.7 Å². The molecule has 3 atom stereocenters. The Morgan fingerprint density at radius 2 is 1.55 bits per heavy atom. The van der Waals surface area contributed by atoms with E-state index in [1.165, 1.54) is 24.1 Å². The van der Waals surface area contributed by atoms with E-state index in [0.29, 0.717) is 17.9 Å². The SMILES string of the molecule is COC(=O)CNC(=O)C(c1ccc(O)cc1)N(C(=O)C(Cc1ccccc1)NC(=O)OC(C)(C)C)C(C)CCC(C)C. The number of hydrogen-bond acceptors (Lipinski definition) is 7. The first-order valence-corrected chi connectivity index (χ1v) is 14.2. The van der Waals surface area contributed by atoms with E-state index in [2.05, 4.69) is 29.2 Å². The summed E-state index contributed by atoms with van der Waals surface area (Å²) in [6, 6.07) is 12.5. The molecule has 0 spiro atoms. The first kappa shape index (κ1) is 34.1. The van der Waals surface area contributed by atoms with Crippen LogP contribution in [0.4, 0.5) is 4.79 Å². The molecule has 3 N–H and O–H groups in total. The Morgan fingerprint density at radius 3 is 2.10 bits per heavy atom. The van der Waals surface area contributed by atoms with Crippen molar-refractivity contribution in [1.29, 1.82) is 0 Å². The summed E-state index contributed by atoms with van der Waals surface area (Å²) in [6.07, 6.45) is 0.744. The molecule has 0 aromatic heterocycles. The first-order valence-electron chi connectivity index (χ1n) is 14.2. The Balaban J connectivity index is 2.62. The van der Waals surface area contributed by atoms with Crippen LogP contribution >= 0.6 is 0 Å². The molecule has 0 bridgehead atoms. The van der Waals surface area contributed by atoms with Crippen molar-refractivity contribution < 1.29 is 33.8 Å². The van der Waals surface area contributed by atoms with Crippen LogP contribution < -0.4 is 10.6 Å². The summed E-state index contributed by atoms with van der Waals surface area (Å²) in [4.78, 5) is 54.6. The molecule has 42 heavy (non-hydrogen) atoms. The third-order valence-electron chi connectivity index (χ3n) is 6.53. The molecular formula is C32H45N3O7. The van der Waals surface area contributed by atoms with Crippen molar-refractivity contribution in [1.82, 2.24) is 15.5 Å². The van der Waals surface area contributed by atoms with E-state index >= 15 is 0 Å². The Kier molecular flexibility index (Phi) is 12.8. The van der Waals surface area contributed by atoms with Gasteiger partial charge in [0.2, 0.25) is 11.8 Å². The molecule has 0 aliphatic heterocycles. The van der Waals surface area contributed by atoms with Crippen molar-refractivity contribution >= 4 is 23.9 Å². The maximum absolute atomic E-state index is 14.6. The first-order chi connectivity index (χ1) is 19.7. The number of hydrogen-bond donors (Lipinski definition) is 3. The molecule has 10 heteroatoms. The number of ether oxygens (including phenoxy) is 2. The average molecular weight is 584 g/mol. The molecular weight excluding hydrogens is 538 g/mol. The minimum absolute atomic E-state index is 0.00764. The molecule has 0 heterocycles. The predicted octanol–water partition coefficient (Wildman–Crippen LogP) is 4.51. The van der Waals surface area contributed by atoms with Crippen molar-refractivity contribution in [3.8, 4) is 5.75 Å². The van der Waals surface area contributed by atoms with Gasteiger partial charge in [-0.1, -0.05) is 56.3 Å². The summed E-state index contributed by atoms with van der Waals surface area (Å²) in [6.45, 7) is 10.8. The molecule has 0 aliphatic carbocycles. The van der Waals surface area contributed by atoms with Gasteiger partial charge in [-0.05, 0) is 69.7 Å². The Hall–Kier alpha value is -4.08. The molecule has 0 aliphatic rings. The molecule has 0 radical (unpaired) electrons. The number of carbonyl (C=O) groups excluding carboxylic acids is 4. The van der Waals surface area contributed by atoms with Gasteiger partial charge in [0.05, 0.1) is 7.11 Å². The minimum Gasteiger partial charge on any atom is -0.508 e. The van der Waals surface area contributed by atoms with Gasteiger partial charge in [-0.25, -0.2) is 4.79 Å². The summed E-state index contributed by atoms with van der Waals surface area (Å²) >= 11 is 0. The Bertz CT molecular complexity index is 1180. The van der Waals surface area contributed by atoms with Gasteiger partial charge in [0, 0.05) is 12.5 Å². The van der Waals surface area contributed by atoms with Crippen molar-refractivity contribution in [3.05, 3.63) is 65.7 Å². The van der Waals surface area contributed by atoms with Crippen molar-refractivity contribution in [2.45, 2.75) is 84.5 Å². The van der Waals surface area contributed by atoms with E-state index in [1.807, 2.05) is 37.3 Å². The number of phenolic OH excluding ortho intramolecular Hbond substituents is 1. The van der Waals surface area contributed by atoms with E-state index in [4.69, 9.17) is 4.74 Å². The van der Waals surface area contributed by atoms with Crippen LogP contribution in [0.1, 0.15) is 71.6 Å². The van der Waals surface area contributed by atoms with Crippen LogP contribution in [0.25, 0.3) is 0 Å². The van der Waals surface area contributed by atoms with Gasteiger partial charge in [0.15, 0.2) is 0 Å². The fraction of sp³-hybridized carbons (Fsp3) is 0.500. The number of benzene rings is 2. The molecule has 230 valence electrons. The smallest absolute Gasteiger partial charge is 0.408 e. The van der Waals surface area contributed by atoms with Gasteiger partial charge in [0.1, 0.15) is 30.0 Å². The molecule has 2 rings (SSSR count). The number of aromatic hydroxyl groups is 1. The highest BCUT2D eigenvalue weighted by Crippen LogP contribution is 2.29. The zero-order valence-electron chi connectivity index (χ0n) is 25.7. The Labute approximate surface area is 248 Å². The highest BCUT2D eigenvalue weighted by atomic mass is 16.6. The van der Waals surface area contributed by atoms with Crippen molar-refractivity contribution in [3.63, 3.8) is 0 Å². The third kappa shape index (κ3) is 11.1. The molecule has 0 fully saturated rings. The number of nitrogens with zero attached hydrogens (tertiary/aromatic N) is 1. The highest BCUT2D eigenvalue weighted by molar-refractivity contribution is 5.93. The molecule has 10 nitrogen and oxygen atoms in total. The molecule has 3 amide bonds. The Morgan fingerprint density at radius 1 is 0.929 bits per heavy atom. The average Bonchev–Trinajstić information content (AvgIpc) is 2.92. The van der Waals surface area contributed by atoms with Crippen molar-refractivity contribution in [2.24, 2.45) is 5.92 Å². The summed E-state index contributed by atoms with van der Waals surface area (Å²) in [5.41, 5.74) is 0.436. The number of alkyl carbamates (subject to hydrolysis) is 1. The van der Waals surface area contributed by atoms with Gasteiger partial charge in [-0.2, -0.15) is 0 Å². The maximum Gasteiger partial charge on any atom is 0.408 e. The summed E-state index contributed by atoms with van der Waals surface area (Å²) in [5, 5.41) is 15.2. The minimum atomic E-state index is -1.18. The fourth-order valence-electron chi connectivity index (χ4n) is 4.42. The molecule has 0 saturated carbocycles. The fourth-order valence-corrected chi connectivity index (χ4v) is 4.42. The molecule has 2 aromatic carbocycles. The number of nitrogens with one attached hydrogen (secondary N) is 2. The summed E-state index contributed by atoms with van der Waals surface area (Å²) in [5.74, 6) is -1.41. The zero-order chi connectivity index (χ0) is 31.4. The maximum atomic E-state index is 14.6. The quantitative estimate of drug-likeness (QED) is 0.295. The largest absolute Gasteiger partial charge is 0.508 e. The lowest BCUT2D eigenvalue weighted by Crippen LogP contribution is -2.56. The number of amides is 3. The van der Waals surface area contributed by atoms with Crippen LogP contribution in [0.3, 0.4) is 0 Å². The number of methoxy groups -OCH3 is 1. The van der Waals surface area contributed by atoms with E-state index in [0.717, 1.165) is 12.0 Å². The standard InChI is InChI=1S/C32H45N3O7/c1-21(2)13-14-22(3)35(28(24-15-17-25(36)18-16-24)29(38)33-20-27(37)41-7)30(39)26(19-23-11-9-8-10-12-23)34-31(40)42-32(4,5)6/h8-12,15-18,21-22,26,28,36H,13-14,19-20H2,1-7H3,(H,33,38)(H,34,40). The topological polar surface area (TPSA) is 134 Å². The second-order valence-corrected chi connectivity index (χ2v) is 11.7. The van der Waals surface area contributed by atoms with Gasteiger partial charge >= 0.3 is 12.1 Å². The van der Waals surface area contributed by atoms with Gasteiger partial charge in [0.25, 0.3) is 0 Å². The van der Waals surface area contributed by atoms with Crippen LogP contribution in [0.15, 0.2) is 54.6 Å². The molecule has 2 aromatic rings. The lowest BCUT2D eigenvalue weighted by Gasteiger charge is -2.39. The zero-order valence-corrected chi connectivity index (χ0v) is 25.7. The van der Waals surface area contributed by atoms with Gasteiger partial charge in [-0.15, -0.1) is 0 Å². The highest BCUT2D eigenvalue weighted by Gasteiger charge is 2.39. The normalized spacial score (nSPS) is 13.4. The second kappa shape index (κ2) is 15.8. The summed E-state index contributed by atoms with van der Waals surface area (Å²) in [7, 11) is 1.21. The predicted molar refractivity (Wildman–Crippen MR) is 160 cm³/mol. The van der Waals surface area contributed by atoms with Crippen LogP contribution in [-0.2, 0) is 30.3 Å². The van der Waals surface area contributed by atoms with Crippen LogP contribution in [0, 0.1) is 5.92 Å². The van der Waals surface area contributed by atoms with Gasteiger partial charge < -0.3 is 30.1 Å². The monoisotopic (exact) mass is 583 g/mol. The third-order valence-corrected chi connectivity index (χ3v) is 6.53. The van der Waals surface area contributed by atoms with Crippen LogP contribution in [0.5, 0.6) is 5.75 Å². The van der Waals surface area contributed by atoms with Crippen LogP contribution in [-0.4, -0.2) is 65.2 Å². The second-order valence-electron chi connectivity index (χ2n) is 11.7. The van der Waals surface area contributed by atoms with E-state index < -0.39 is 54.1 Å². The lowest BCUT2D eigenvalue weighted by atomic mass is 9.96. The van der Waals surface area contributed by atoms with Gasteiger partial charge in [-0.3, -0.25) is 14.4 Å². The summed E-state index contributed by atoms with van der Waals surface area (Å²) < 4.78 is 10.2. The molecule has 3 unspecified atom stereocenters. The molecule has 0 saturated heterocycles. The van der Waals surface area contributed by atoms with E-state index in [-0.39, 0.29) is 12.2 Å². The number of carbonyl (C=O) groups is 4. The van der Waals surface area contributed by atoms with E-state index in [1.54, 1.807) is 32.9 Å². The number of phenols is 1. The number of rotatable bonds is 13. The van der Waals surface area contributed by atoms with Crippen LogP contribution in [0.2, 0.25) is 0 Å². The van der Waals surface area contributed by atoms with E-state index in [9.17, 15) is 24.3 Å². The lowest BCUT2D eigenvalue weighted by molar-refractivity contribution is -0.146.